The van der Waals surface area contributed by atoms with Crippen LogP contribution in [0.15, 0.2) is 41.4 Å². The van der Waals surface area contributed by atoms with Crippen LogP contribution in [0.1, 0.15) is 55.1 Å². The van der Waals surface area contributed by atoms with E-state index in [4.69, 9.17) is 0 Å². The van der Waals surface area contributed by atoms with Crippen molar-refractivity contribution >= 4 is 27.5 Å². The molecule has 0 radical (unpaired) electrons. The molecule has 1 N–H and O–H groups in total. The van der Waals surface area contributed by atoms with E-state index in [1.165, 1.54) is 22.1 Å². The zero-order valence-electron chi connectivity index (χ0n) is 20.0. The van der Waals surface area contributed by atoms with E-state index in [1.54, 1.807) is 16.5 Å². The van der Waals surface area contributed by atoms with Crippen molar-refractivity contribution in [2.24, 2.45) is 13.0 Å². The first kappa shape index (κ1) is 24.5. The van der Waals surface area contributed by atoms with Crippen LogP contribution in [-0.2, 0) is 28.3 Å². The number of rotatable bonds is 6. The maximum atomic E-state index is 13.3. The van der Waals surface area contributed by atoms with Crippen LogP contribution in [-0.4, -0.2) is 60.2 Å². The van der Waals surface area contributed by atoms with E-state index in [0.717, 1.165) is 31.4 Å². The van der Waals surface area contributed by atoms with E-state index in [0.29, 0.717) is 31.6 Å². The zero-order chi connectivity index (χ0) is 24.3. The number of piperidine rings is 2. The minimum absolute atomic E-state index is 0.0737. The molecule has 34 heavy (non-hydrogen) atoms. The van der Waals surface area contributed by atoms with Gasteiger partial charge in [0.25, 0.3) is 5.91 Å². The van der Waals surface area contributed by atoms with E-state index in [9.17, 15) is 18.0 Å². The molecule has 9 heteroatoms. The summed E-state index contributed by atoms with van der Waals surface area (Å²) in [4.78, 5) is 27.5. The normalized spacial score (nSPS) is 18.1. The summed E-state index contributed by atoms with van der Waals surface area (Å²) in [5.41, 5.74) is 2.36. The van der Waals surface area contributed by atoms with Crippen LogP contribution >= 0.6 is 0 Å². The van der Waals surface area contributed by atoms with Gasteiger partial charge in [-0.25, -0.2) is 8.42 Å². The Bertz CT molecular complexity index is 1130. The maximum Gasteiger partial charge on any atom is 0.270 e. The topological polar surface area (TPSA) is 91.7 Å². The zero-order valence-corrected chi connectivity index (χ0v) is 20.8. The van der Waals surface area contributed by atoms with Crippen LogP contribution in [0.2, 0.25) is 0 Å². The Kier molecular flexibility index (Phi) is 7.42. The van der Waals surface area contributed by atoms with Gasteiger partial charge in [-0.05, 0) is 62.3 Å². The number of hydrogen-bond acceptors (Lipinski definition) is 4. The molecule has 0 bridgehead atoms. The van der Waals surface area contributed by atoms with Gasteiger partial charge in [-0.3, -0.25) is 9.59 Å². The molecule has 4 rings (SSSR count). The first-order chi connectivity index (χ1) is 16.3. The Morgan fingerprint density at radius 2 is 1.65 bits per heavy atom. The number of anilines is 1. The SMILES string of the molecule is CCc1ccc(NC(=O)C2CCN(S(=O)(=O)c3cc(C(=O)N4CCCCC4)n(C)c3)CC2)cc1. The predicted octanol–water partition coefficient (Wildman–Crippen LogP) is 3.25. The second kappa shape index (κ2) is 10.3. The third-order valence-electron chi connectivity index (χ3n) is 6.93. The highest BCUT2D eigenvalue weighted by molar-refractivity contribution is 7.89. The van der Waals surface area contributed by atoms with E-state index in [-0.39, 0.29) is 35.7 Å². The number of nitrogens with zero attached hydrogens (tertiary/aromatic N) is 3. The minimum Gasteiger partial charge on any atom is -0.345 e. The fourth-order valence-corrected chi connectivity index (χ4v) is 6.26. The van der Waals surface area contributed by atoms with Crippen molar-refractivity contribution in [3.63, 3.8) is 0 Å². The summed E-state index contributed by atoms with van der Waals surface area (Å²) in [7, 11) is -2.03. The van der Waals surface area contributed by atoms with Crippen LogP contribution in [0, 0.1) is 5.92 Å². The Morgan fingerprint density at radius 1 is 1.00 bits per heavy atom. The van der Waals surface area contributed by atoms with E-state index in [2.05, 4.69) is 12.2 Å². The van der Waals surface area contributed by atoms with Crippen LogP contribution in [0.4, 0.5) is 5.69 Å². The van der Waals surface area contributed by atoms with Gasteiger partial charge in [-0.2, -0.15) is 4.31 Å². The summed E-state index contributed by atoms with van der Waals surface area (Å²) in [5, 5.41) is 2.95. The molecule has 2 aromatic rings. The molecule has 0 saturated carbocycles. The van der Waals surface area contributed by atoms with Crippen LogP contribution in [0.3, 0.4) is 0 Å². The highest BCUT2D eigenvalue weighted by Gasteiger charge is 2.34. The summed E-state index contributed by atoms with van der Waals surface area (Å²) < 4.78 is 29.6. The molecule has 2 aliphatic heterocycles. The molecule has 0 spiro atoms. The lowest BCUT2D eigenvalue weighted by Crippen LogP contribution is -2.41. The largest absolute Gasteiger partial charge is 0.345 e. The molecule has 0 unspecified atom stereocenters. The number of aryl methyl sites for hydroxylation is 2. The van der Waals surface area contributed by atoms with Gasteiger partial charge in [-0.1, -0.05) is 19.1 Å². The minimum atomic E-state index is -3.73. The second-order valence-corrected chi connectivity index (χ2v) is 11.2. The predicted molar refractivity (Wildman–Crippen MR) is 131 cm³/mol. The molecule has 0 atom stereocenters. The highest BCUT2D eigenvalue weighted by atomic mass is 32.2. The average molecular weight is 487 g/mol. The Balaban J connectivity index is 1.37. The van der Waals surface area contributed by atoms with Gasteiger partial charge in [0.1, 0.15) is 10.6 Å². The molecule has 1 aromatic carbocycles. The number of nitrogens with one attached hydrogen (secondary N) is 1. The molecular formula is C25H34N4O4S. The van der Waals surface area contributed by atoms with Gasteiger partial charge >= 0.3 is 0 Å². The van der Waals surface area contributed by atoms with Gasteiger partial charge in [-0.15, -0.1) is 0 Å². The standard InChI is InChI=1S/C25H34N4O4S/c1-3-19-7-9-21(10-8-19)26-24(30)20-11-15-29(16-12-20)34(32,33)22-17-23(27(2)18-22)25(31)28-13-5-4-6-14-28/h7-10,17-18,20H,3-6,11-16H2,1-2H3,(H,26,30). The van der Waals surface area contributed by atoms with Crippen molar-refractivity contribution in [3.05, 3.63) is 47.8 Å². The quantitative estimate of drug-likeness (QED) is 0.679. The molecule has 184 valence electrons. The van der Waals surface area contributed by atoms with Gasteiger partial charge in [0.15, 0.2) is 0 Å². The molecule has 1 aromatic heterocycles. The Hall–Kier alpha value is -2.65. The molecule has 8 nitrogen and oxygen atoms in total. The summed E-state index contributed by atoms with van der Waals surface area (Å²) in [6.07, 6.45) is 6.47. The van der Waals surface area contributed by atoms with Crippen molar-refractivity contribution in [2.45, 2.75) is 50.3 Å². The monoisotopic (exact) mass is 486 g/mol. The first-order valence-corrected chi connectivity index (χ1v) is 13.6. The van der Waals surface area contributed by atoms with Gasteiger partial charge in [0.2, 0.25) is 15.9 Å². The fraction of sp³-hybridized carbons (Fsp3) is 0.520. The number of amides is 2. The van der Waals surface area contributed by atoms with Gasteiger partial charge in [0, 0.05) is 51.0 Å². The summed E-state index contributed by atoms with van der Waals surface area (Å²) in [6, 6.07) is 9.28. The first-order valence-electron chi connectivity index (χ1n) is 12.1. The molecular weight excluding hydrogens is 452 g/mol. The lowest BCUT2D eigenvalue weighted by Gasteiger charge is -2.30. The number of carbonyl (C=O) groups excluding carboxylic acids is 2. The number of likely N-dealkylation sites (tertiary alicyclic amines) is 1. The van der Waals surface area contributed by atoms with Crippen LogP contribution in [0.5, 0.6) is 0 Å². The Labute approximate surface area is 202 Å². The summed E-state index contributed by atoms with van der Waals surface area (Å²) in [5.74, 6) is -0.425. The summed E-state index contributed by atoms with van der Waals surface area (Å²) in [6.45, 7) is 4.06. The highest BCUT2D eigenvalue weighted by Crippen LogP contribution is 2.26. The van der Waals surface area contributed by atoms with Gasteiger partial charge in [0.05, 0.1) is 0 Å². The van der Waals surface area contributed by atoms with Crippen molar-refractivity contribution < 1.29 is 18.0 Å². The molecule has 2 amide bonds. The van der Waals surface area contributed by atoms with Gasteiger partial charge < -0.3 is 14.8 Å². The third kappa shape index (κ3) is 5.20. The number of hydrogen-bond donors (Lipinski definition) is 1. The summed E-state index contributed by atoms with van der Waals surface area (Å²) >= 11 is 0. The smallest absolute Gasteiger partial charge is 0.270 e. The fourth-order valence-electron chi connectivity index (χ4n) is 4.72. The molecule has 0 aliphatic carbocycles. The molecule has 2 saturated heterocycles. The van der Waals surface area contributed by atoms with E-state index >= 15 is 0 Å². The van der Waals surface area contributed by atoms with E-state index < -0.39 is 10.0 Å². The maximum absolute atomic E-state index is 13.3. The van der Waals surface area contributed by atoms with E-state index in [1.807, 2.05) is 24.3 Å². The van der Waals surface area contributed by atoms with Crippen LogP contribution in [0.25, 0.3) is 0 Å². The number of carbonyl (C=O) groups is 2. The second-order valence-electron chi connectivity index (χ2n) is 9.24. The number of aromatic nitrogens is 1. The Morgan fingerprint density at radius 3 is 2.26 bits per heavy atom. The van der Waals surface area contributed by atoms with Crippen molar-refractivity contribution in [2.75, 3.05) is 31.5 Å². The average Bonchev–Trinajstić information content (AvgIpc) is 3.27. The van der Waals surface area contributed by atoms with Crippen molar-refractivity contribution in [1.82, 2.24) is 13.8 Å². The van der Waals surface area contributed by atoms with Crippen molar-refractivity contribution in [1.29, 1.82) is 0 Å². The lowest BCUT2D eigenvalue weighted by atomic mass is 9.97. The third-order valence-corrected chi connectivity index (χ3v) is 8.80. The molecule has 3 heterocycles. The van der Waals surface area contributed by atoms with Crippen molar-refractivity contribution in [3.8, 4) is 0 Å². The molecule has 2 fully saturated rings. The number of sulfonamides is 1. The lowest BCUT2D eigenvalue weighted by molar-refractivity contribution is -0.120. The van der Waals surface area contributed by atoms with Crippen LogP contribution < -0.4 is 5.32 Å². The molecule has 2 aliphatic rings. The number of benzene rings is 1.